The predicted molar refractivity (Wildman–Crippen MR) is 86.2 cm³/mol. The van der Waals surface area contributed by atoms with Crippen LogP contribution in [-0.4, -0.2) is 40.2 Å². The van der Waals surface area contributed by atoms with E-state index in [0.717, 1.165) is 21.3 Å². The van der Waals surface area contributed by atoms with Crippen molar-refractivity contribution in [1.29, 1.82) is 0 Å². The molecule has 23 heavy (non-hydrogen) atoms. The molecule has 2 aliphatic heterocycles. The SMILES string of the molecule is O=C1CNC(=O)N1N1C(=O)CS[C@@H]1c1cccc2ccccc12. The van der Waals surface area contributed by atoms with Gasteiger partial charge in [-0.2, -0.15) is 5.01 Å². The van der Waals surface area contributed by atoms with E-state index in [9.17, 15) is 14.4 Å². The minimum atomic E-state index is -0.545. The molecule has 0 saturated carbocycles. The Morgan fingerprint density at radius 1 is 1.00 bits per heavy atom. The standard InChI is InChI=1S/C16H13N3O3S/c20-13-8-17-16(22)19(13)18-14(21)9-23-15(18)12-7-3-5-10-4-1-2-6-11(10)12/h1-7,15H,8-9H2,(H,17,22)/t15-/m1/s1. The van der Waals surface area contributed by atoms with E-state index in [4.69, 9.17) is 0 Å². The van der Waals surface area contributed by atoms with E-state index < -0.39 is 11.9 Å². The molecule has 0 bridgehead atoms. The molecule has 1 atom stereocenters. The molecule has 7 heteroatoms. The highest BCUT2D eigenvalue weighted by Crippen LogP contribution is 2.42. The first kappa shape index (κ1) is 14.1. The first-order valence-corrected chi connectivity index (χ1v) is 8.24. The lowest BCUT2D eigenvalue weighted by atomic mass is 10.0. The highest BCUT2D eigenvalue weighted by Gasteiger charge is 2.45. The molecule has 0 spiro atoms. The van der Waals surface area contributed by atoms with Gasteiger partial charge in [-0.15, -0.1) is 11.8 Å². The molecule has 2 aromatic carbocycles. The van der Waals surface area contributed by atoms with Gasteiger partial charge in [0.05, 0.1) is 5.75 Å². The summed E-state index contributed by atoms with van der Waals surface area (Å²) in [6, 6.07) is 13.2. The van der Waals surface area contributed by atoms with E-state index in [1.54, 1.807) is 0 Å². The van der Waals surface area contributed by atoms with Crippen LogP contribution < -0.4 is 5.32 Å². The van der Waals surface area contributed by atoms with Crippen LogP contribution >= 0.6 is 11.8 Å². The highest BCUT2D eigenvalue weighted by atomic mass is 32.2. The lowest BCUT2D eigenvalue weighted by Crippen LogP contribution is -2.48. The largest absolute Gasteiger partial charge is 0.344 e. The summed E-state index contributed by atoms with van der Waals surface area (Å²) in [5.41, 5.74) is 0.923. The molecule has 2 heterocycles. The second-order valence-electron chi connectivity index (χ2n) is 5.33. The number of carbonyl (C=O) groups excluding carboxylic acids is 3. The summed E-state index contributed by atoms with van der Waals surface area (Å²) in [7, 11) is 0. The number of rotatable bonds is 2. The third kappa shape index (κ3) is 2.16. The van der Waals surface area contributed by atoms with Crippen molar-refractivity contribution in [3.05, 3.63) is 48.0 Å². The van der Waals surface area contributed by atoms with Gasteiger partial charge < -0.3 is 5.32 Å². The summed E-state index contributed by atoms with van der Waals surface area (Å²) in [5, 5.41) is 6.37. The zero-order valence-corrected chi connectivity index (χ0v) is 12.9. The van der Waals surface area contributed by atoms with Crippen LogP contribution in [0.1, 0.15) is 10.9 Å². The van der Waals surface area contributed by atoms with E-state index in [-0.39, 0.29) is 23.6 Å². The molecule has 4 amide bonds. The van der Waals surface area contributed by atoms with Gasteiger partial charge in [0.2, 0.25) is 0 Å². The number of thioether (sulfide) groups is 1. The van der Waals surface area contributed by atoms with Crippen molar-refractivity contribution in [2.24, 2.45) is 0 Å². The molecular weight excluding hydrogens is 314 g/mol. The van der Waals surface area contributed by atoms with Crippen LogP contribution in [0, 0.1) is 0 Å². The van der Waals surface area contributed by atoms with Crippen LogP contribution in [0.25, 0.3) is 10.8 Å². The first-order valence-electron chi connectivity index (χ1n) is 7.19. The number of carbonyl (C=O) groups is 3. The summed E-state index contributed by atoms with van der Waals surface area (Å²) in [6.07, 6.45) is 0. The fourth-order valence-electron chi connectivity index (χ4n) is 2.95. The molecule has 0 unspecified atom stereocenters. The van der Waals surface area contributed by atoms with Gasteiger partial charge in [0.15, 0.2) is 0 Å². The summed E-state index contributed by atoms with van der Waals surface area (Å²) in [5.74, 6) is -0.403. The molecular formula is C16H13N3O3S. The molecule has 2 fully saturated rings. The number of nitrogens with zero attached hydrogens (tertiary/aromatic N) is 2. The van der Waals surface area contributed by atoms with E-state index in [1.807, 2.05) is 42.5 Å². The maximum absolute atomic E-state index is 12.3. The van der Waals surface area contributed by atoms with E-state index in [0.29, 0.717) is 0 Å². The minimum Gasteiger partial charge on any atom is -0.327 e. The maximum atomic E-state index is 12.3. The van der Waals surface area contributed by atoms with Crippen molar-refractivity contribution in [3.63, 3.8) is 0 Å². The van der Waals surface area contributed by atoms with E-state index in [2.05, 4.69) is 5.32 Å². The van der Waals surface area contributed by atoms with Gasteiger partial charge in [-0.05, 0) is 16.3 Å². The summed E-state index contributed by atoms with van der Waals surface area (Å²) in [4.78, 5) is 36.2. The fourth-order valence-corrected chi connectivity index (χ4v) is 4.12. The monoisotopic (exact) mass is 327 g/mol. The fraction of sp³-hybridized carbons (Fsp3) is 0.188. The molecule has 1 N–H and O–H groups in total. The molecule has 2 saturated heterocycles. The number of imide groups is 1. The molecule has 4 rings (SSSR count). The van der Waals surface area contributed by atoms with Crippen molar-refractivity contribution in [1.82, 2.24) is 15.3 Å². The maximum Gasteiger partial charge on any atom is 0.344 e. The number of hydrogen-bond acceptors (Lipinski definition) is 4. The van der Waals surface area contributed by atoms with Gasteiger partial charge in [-0.1, -0.05) is 42.5 Å². The average molecular weight is 327 g/mol. The quantitative estimate of drug-likeness (QED) is 0.855. The molecule has 2 aliphatic rings. The molecule has 6 nitrogen and oxygen atoms in total. The van der Waals surface area contributed by atoms with Gasteiger partial charge in [0, 0.05) is 0 Å². The van der Waals surface area contributed by atoms with Crippen LogP contribution in [0.15, 0.2) is 42.5 Å². The number of amides is 4. The van der Waals surface area contributed by atoms with Gasteiger partial charge >= 0.3 is 6.03 Å². The lowest BCUT2D eigenvalue weighted by Gasteiger charge is -2.30. The number of hydrazine groups is 1. The van der Waals surface area contributed by atoms with Crippen molar-refractivity contribution in [3.8, 4) is 0 Å². The van der Waals surface area contributed by atoms with Crippen molar-refractivity contribution in [2.75, 3.05) is 12.3 Å². The van der Waals surface area contributed by atoms with Crippen molar-refractivity contribution < 1.29 is 14.4 Å². The van der Waals surface area contributed by atoms with Gasteiger partial charge in [-0.3, -0.25) is 9.59 Å². The van der Waals surface area contributed by atoms with Gasteiger partial charge in [-0.25, -0.2) is 9.80 Å². The Kier molecular flexibility index (Phi) is 3.23. The molecule has 0 aliphatic carbocycles. The van der Waals surface area contributed by atoms with Crippen LogP contribution in [-0.2, 0) is 9.59 Å². The Bertz CT molecular complexity index is 817. The Morgan fingerprint density at radius 2 is 1.78 bits per heavy atom. The summed E-state index contributed by atoms with van der Waals surface area (Å²) in [6.45, 7) is -0.0739. The van der Waals surface area contributed by atoms with E-state index >= 15 is 0 Å². The third-order valence-electron chi connectivity index (χ3n) is 3.97. The normalized spacial score (nSPS) is 21.4. The number of hydrogen-bond donors (Lipinski definition) is 1. The third-order valence-corrected chi connectivity index (χ3v) is 5.15. The Labute approximate surface area is 136 Å². The highest BCUT2D eigenvalue weighted by molar-refractivity contribution is 8.00. The van der Waals surface area contributed by atoms with Crippen LogP contribution in [0.4, 0.5) is 4.79 Å². The van der Waals surface area contributed by atoms with Crippen LogP contribution in [0.3, 0.4) is 0 Å². The second kappa shape index (κ2) is 5.27. The Hall–Kier alpha value is -2.54. The summed E-state index contributed by atoms with van der Waals surface area (Å²) >= 11 is 1.42. The smallest absolute Gasteiger partial charge is 0.327 e. The zero-order chi connectivity index (χ0) is 16.0. The Morgan fingerprint density at radius 3 is 2.57 bits per heavy atom. The predicted octanol–water partition coefficient (Wildman–Crippen LogP) is 1.88. The van der Waals surface area contributed by atoms with E-state index in [1.165, 1.54) is 16.8 Å². The van der Waals surface area contributed by atoms with Crippen molar-refractivity contribution in [2.45, 2.75) is 5.37 Å². The van der Waals surface area contributed by atoms with Crippen molar-refractivity contribution >= 4 is 40.4 Å². The second-order valence-corrected chi connectivity index (χ2v) is 6.40. The number of benzene rings is 2. The average Bonchev–Trinajstić information content (AvgIpc) is 3.09. The lowest BCUT2D eigenvalue weighted by molar-refractivity contribution is -0.152. The van der Waals surface area contributed by atoms with Crippen LogP contribution in [0.2, 0.25) is 0 Å². The van der Waals surface area contributed by atoms with Crippen LogP contribution in [0.5, 0.6) is 0 Å². The van der Waals surface area contributed by atoms with Gasteiger partial charge in [0.1, 0.15) is 11.9 Å². The van der Waals surface area contributed by atoms with Gasteiger partial charge in [0.25, 0.3) is 11.8 Å². The number of fused-ring (bicyclic) bond motifs is 1. The minimum absolute atomic E-state index is 0.0739. The number of nitrogens with one attached hydrogen (secondary N) is 1. The molecule has 0 radical (unpaired) electrons. The first-order chi connectivity index (χ1) is 11.2. The summed E-state index contributed by atoms with van der Waals surface area (Å²) < 4.78 is 0. The number of urea groups is 1. The topological polar surface area (TPSA) is 69.7 Å². The molecule has 116 valence electrons. The molecule has 0 aromatic heterocycles. The Balaban J connectivity index is 1.82. The molecule has 2 aromatic rings. The zero-order valence-electron chi connectivity index (χ0n) is 12.1.